The largest absolute Gasteiger partial charge is 0.478 e. The van der Waals surface area contributed by atoms with Gasteiger partial charge in [-0.3, -0.25) is 0 Å². The number of hydrogen-bond donors (Lipinski definition) is 4. The molecule has 394 valence electrons. The SMILES string of the molecule is O=C(O)c1ccc(C2C3C4CC4C3C2C2CC3C2C2C(c4ccc(C(=O)O)cc4)C(C4CC5C4C4C5C5C4C4C5C5C4C4C5C5C4C(c4ccc(C(=O)O)cc4)C5(c4ccc(C(=O)O)cc4)C4CC5C4C4C6C[C@@H]6C54)C32)cc1. The van der Waals surface area contributed by atoms with Crippen molar-refractivity contribution in [2.75, 3.05) is 0 Å². The predicted octanol–water partition coefficient (Wildman–Crippen LogP) is 11.6. The predicted molar refractivity (Wildman–Crippen MR) is 282 cm³/mol. The van der Waals surface area contributed by atoms with Crippen LogP contribution in [0.3, 0.4) is 0 Å². The highest BCUT2D eigenvalue weighted by atomic mass is 16.4. The van der Waals surface area contributed by atoms with Crippen molar-refractivity contribution in [2.45, 2.75) is 55.3 Å². The number of rotatable bonds is 11. The van der Waals surface area contributed by atoms with E-state index in [2.05, 4.69) is 48.5 Å². The number of carboxylic acid groups (broad SMARTS) is 4. The fourth-order valence-electron chi connectivity index (χ4n) is 29.5. The van der Waals surface area contributed by atoms with E-state index in [-0.39, 0.29) is 5.41 Å². The third-order valence-electron chi connectivity index (χ3n) is 31.3. The molecule has 0 radical (unpaired) electrons. The highest BCUT2D eigenvalue weighted by molar-refractivity contribution is 5.89. The van der Waals surface area contributed by atoms with Crippen LogP contribution in [0.2, 0.25) is 0 Å². The highest BCUT2D eigenvalue weighted by Gasteiger charge is 2.94. The van der Waals surface area contributed by atoms with E-state index in [9.17, 15) is 39.6 Å². The monoisotopic (exact) mass is 1030 g/mol. The van der Waals surface area contributed by atoms with Crippen LogP contribution in [0.5, 0.6) is 0 Å². The van der Waals surface area contributed by atoms with Crippen LogP contribution in [0.15, 0.2) is 97.1 Å². The van der Waals surface area contributed by atoms with Crippen LogP contribution in [-0.4, -0.2) is 44.3 Å². The highest BCUT2D eigenvalue weighted by Crippen LogP contribution is 2.98. The van der Waals surface area contributed by atoms with Gasteiger partial charge in [-0.1, -0.05) is 48.5 Å². The first-order chi connectivity index (χ1) is 38.1. The molecule has 0 saturated heterocycles. The molecule has 22 rings (SSSR count). The third-order valence-corrected chi connectivity index (χ3v) is 31.3. The summed E-state index contributed by atoms with van der Waals surface area (Å²) in [6.07, 6.45) is 7.00. The van der Waals surface area contributed by atoms with Crippen LogP contribution in [0.25, 0.3) is 0 Å². The van der Waals surface area contributed by atoms with Gasteiger partial charge in [-0.2, -0.15) is 0 Å². The zero-order valence-electron chi connectivity index (χ0n) is 43.5. The van der Waals surface area contributed by atoms with Crippen molar-refractivity contribution < 1.29 is 39.6 Å². The zero-order chi connectivity index (χ0) is 51.1. The normalized spacial score (nSPS) is 58.5. The number of carbonyl (C=O) groups is 4. The van der Waals surface area contributed by atoms with Gasteiger partial charge in [0.1, 0.15) is 0 Å². The maximum absolute atomic E-state index is 12.3. The first-order valence-electron chi connectivity index (χ1n) is 31.4. The van der Waals surface area contributed by atoms with E-state index in [4.69, 9.17) is 0 Å². The molecule has 0 spiro atoms. The molecule has 4 N–H and O–H groups in total. The zero-order valence-corrected chi connectivity index (χ0v) is 43.5. The summed E-state index contributed by atoms with van der Waals surface area (Å²) in [6, 6.07) is 32.6. The van der Waals surface area contributed by atoms with Gasteiger partial charge >= 0.3 is 23.9 Å². The molecule has 0 aromatic heterocycles. The first-order valence-corrected chi connectivity index (χ1v) is 31.4. The molecule has 4 aromatic carbocycles. The number of carboxylic acids is 4. The molecule has 0 aliphatic heterocycles. The molecule has 0 amide bonds. The van der Waals surface area contributed by atoms with E-state index >= 15 is 0 Å². The van der Waals surface area contributed by atoms with Gasteiger partial charge in [-0.25, -0.2) is 19.2 Å². The Balaban J connectivity index is 0.560. The summed E-state index contributed by atoms with van der Waals surface area (Å²) in [6.45, 7) is 0. The summed E-state index contributed by atoms with van der Waals surface area (Å²) in [7, 11) is 0. The smallest absolute Gasteiger partial charge is 0.335 e. The van der Waals surface area contributed by atoms with Crippen molar-refractivity contribution >= 4 is 23.9 Å². The Morgan fingerprint density at radius 1 is 0.295 bits per heavy atom. The lowest BCUT2D eigenvalue weighted by atomic mass is 9.07. The molecule has 18 fully saturated rings. The molecule has 78 heavy (non-hydrogen) atoms. The van der Waals surface area contributed by atoms with E-state index in [0.29, 0.717) is 57.8 Å². The molecule has 4 aromatic rings. The molecule has 8 heteroatoms. The van der Waals surface area contributed by atoms with Crippen molar-refractivity contribution in [3.63, 3.8) is 0 Å². The minimum atomic E-state index is -0.869. The van der Waals surface area contributed by atoms with Crippen molar-refractivity contribution in [3.05, 3.63) is 142 Å². The van der Waals surface area contributed by atoms with Gasteiger partial charge in [0, 0.05) is 5.41 Å². The molecule has 0 bridgehead atoms. The summed E-state index contributed by atoms with van der Waals surface area (Å²) in [4.78, 5) is 48.5. The molecule has 0 heterocycles. The number of fused-ring (bicyclic) bond motifs is 34. The van der Waals surface area contributed by atoms with E-state index in [0.717, 1.165) is 178 Å². The Labute approximate surface area is 453 Å². The minimum Gasteiger partial charge on any atom is -0.478 e. The molecule has 18 aliphatic carbocycles. The Kier molecular flexibility index (Phi) is 7.15. The van der Waals surface area contributed by atoms with Crippen LogP contribution in [-0.2, 0) is 5.41 Å². The maximum Gasteiger partial charge on any atom is 0.335 e. The Bertz CT molecular complexity index is 3500. The van der Waals surface area contributed by atoms with Crippen LogP contribution >= 0.6 is 0 Å². The van der Waals surface area contributed by atoms with Gasteiger partial charge in [0.2, 0.25) is 0 Å². The van der Waals surface area contributed by atoms with Gasteiger partial charge in [0.25, 0.3) is 0 Å². The quantitative estimate of drug-likeness (QED) is 0.109. The van der Waals surface area contributed by atoms with E-state index in [1.165, 1.54) is 54.4 Å². The minimum absolute atomic E-state index is 0.00871. The average molecular weight is 1040 g/mol. The molecular weight excluding hydrogens is 969 g/mol. The maximum atomic E-state index is 12.3. The molecule has 18 aliphatic rings. The number of benzene rings is 4. The topological polar surface area (TPSA) is 149 Å². The van der Waals surface area contributed by atoms with E-state index in [1.54, 1.807) is 0 Å². The summed E-state index contributed by atoms with van der Waals surface area (Å²) in [5.41, 5.74) is 7.01. The second kappa shape index (κ2) is 13.1. The number of hydrogen-bond acceptors (Lipinski definition) is 4. The standard InChI is InChI=1S/C70H66O8/c71-66(72)25-7-1-22(2-8-25)40-46-32-18-33(32)48(46)49(40)34-19-36-43(34)53-41(23-3-9-26(10-4-23)67(73)74)50(51(36)53)35-20-37-44(35)54-52(37)55-56(54)58-57(55)60-59(58)61-62(60)65-63(61)64(24-5-11-27(12-6-24)68(75)76)70(65,29-15-13-28(14-16-29)69(77)78)39-21-38-42-30-17-31(30)47(42)45(38)39/h1-16,30-65H,17-21H2,(H,71,72)(H,73,74)(H,75,76)(H,77,78)/t30-,31?,32?,33?,34?,35?,36?,37?,38?,39?,40?,41?,42?,43?,44?,45?,46?,47?,48?,49?,50?,51?,52?,53?,54?,55?,56?,57?,58?,59?,60?,61?,62?,63?,64?,65?,70?/m0/s1. The lowest BCUT2D eigenvalue weighted by molar-refractivity contribution is -0.487. The van der Waals surface area contributed by atoms with Crippen molar-refractivity contribution in [1.82, 2.24) is 0 Å². The fourth-order valence-corrected chi connectivity index (χ4v) is 29.5. The van der Waals surface area contributed by atoms with Crippen LogP contribution < -0.4 is 0 Å². The van der Waals surface area contributed by atoms with E-state index in [1.807, 2.05) is 48.5 Å². The molecule has 36 unspecified atom stereocenters. The molecule has 8 nitrogen and oxygen atoms in total. The summed E-state index contributed by atoms with van der Waals surface area (Å²) in [5, 5.41) is 39.8. The lowest BCUT2D eigenvalue weighted by Crippen LogP contribution is -2.93. The van der Waals surface area contributed by atoms with E-state index < -0.39 is 23.9 Å². The van der Waals surface area contributed by atoms with Gasteiger partial charge in [0.05, 0.1) is 22.3 Å². The average Bonchev–Trinajstić information content (AvgIpc) is 1.30. The molecule has 37 atom stereocenters. The van der Waals surface area contributed by atoms with Gasteiger partial charge in [-0.05, 0) is 316 Å². The van der Waals surface area contributed by atoms with Gasteiger partial charge in [0.15, 0.2) is 0 Å². The first kappa shape index (κ1) is 42.6. The van der Waals surface area contributed by atoms with Gasteiger partial charge < -0.3 is 20.4 Å². The molecule has 18 saturated carbocycles. The van der Waals surface area contributed by atoms with Crippen LogP contribution in [0.1, 0.15) is 114 Å². The Morgan fingerprint density at radius 3 is 1.15 bits per heavy atom. The van der Waals surface area contributed by atoms with Crippen molar-refractivity contribution in [3.8, 4) is 0 Å². The van der Waals surface area contributed by atoms with Gasteiger partial charge in [-0.15, -0.1) is 0 Å². The van der Waals surface area contributed by atoms with Crippen molar-refractivity contribution in [1.29, 1.82) is 0 Å². The third kappa shape index (κ3) is 4.19. The van der Waals surface area contributed by atoms with Crippen LogP contribution in [0, 0.1) is 195 Å². The lowest BCUT2D eigenvalue weighted by Gasteiger charge is -2.97. The Hall–Kier alpha value is -5.24. The second-order valence-corrected chi connectivity index (χ2v) is 31.1. The number of aromatic carboxylic acids is 4. The summed E-state index contributed by atoms with van der Waals surface area (Å²) < 4.78 is 0. The molecular formula is C70H66O8. The van der Waals surface area contributed by atoms with Crippen molar-refractivity contribution in [2.24, 2.45) is 195 Å². The fraction of sp³-hybridized carbons (Fsp3) is 0.600. The Morgan fingerprint density at radius 2 is 0.615 bits per heavy atom. The second-order valence-electron chi connectivity index (χ2n) is 31.1. The summed E-state index contributed by atoms with van der Waals surface area (Å²) >= 11 is 0. The summed E-state index contributed by atoms with van der Waals surface area (Å²) in [5.74, 6) is 25.9. The van der Waals surface area contributed by atoms with Crippen LogP contribution in [0.4, 0.5) is 0 Å².